The first-order valence-electron chi connectivity index (χ1n) is 6.95. The average molecular weight is 274 g/mol. The highest BCUT2D eigenvalue weighted by molar-refractivity contribution is 6.01. The molecule has 0 bridgehead atoms. The van der Waals surface area contributed by atoms with Gasteiger partial charge >= 0.3 is 5.97 Å². The van der Waals surface area contributed by atoms with Gasteiger partial charge in [0.15, 0.2) is 0 Å². The Morgan fingerprint density at radius 2 is 2.20 bits per heavy atom. The number of hydrogen-bond donors (Lipinski definition) is 1. The number of para-hydroxylation sites is 1. The third-order valence-electron chi connectivity index (χ3n) is 4.21. The zero-order valence-electron chi connectivity index (χ0n) is 11.5. The molecule has 1 unspecified atom stereocenters. The van der Waals surface area contributed by atoms with Gasteiger partial charge in [0.2, 0.25) is 0 Å². The molecule has 0 aliphatic carbocycles. The molecule has 5 nitrogen and oxygen atoms in total. The predicted molar refractivity (Wildman–Crippen MR) is 74.9 cm³/mol. The van der Waals surface area contributed by atoms with E-state index in [0.717, 1.165) is 37.1 Å². The molecule has 2 heterocycles. The first-order valence-corrected chi connectivity index (χ1v) is 6.95. The minimum absolute atomic E-state index is 0.226. The van der Waals surface area contributed by atoms with Crippen molar-refractivity contribution in [2.75, 3.05) is 13.2 Å². The molecular weight excluding hydrogens is 256 g/mol. The Morgan fingerprint density at radius 3 is 2.90 bits per heavy atom. The van der Waals surface area contributed by atoms with E-state index in [2.05, 4.69) is 11.9 Å². The van der Waals surface area contributed by atoms with Crippen molar-refractivity contribution in [1.82, 2.24) is 9.55 Å². The maximum atomic E-state index is 11.4. The standard InChI is InChI=1S/C15H18N2O3/c1-10(11-5-7-20-8-6-11)17-9-16-13-4-2-3-12(14(13)17)15(18)19/h2-4,9-11H,5-8H2,1H3,(H,18,19). The van der Waals surface area contributed by atoms with Gasteiger partial charge in [-0.15, -0.1) is 0 Å². The maximum absolute atomic E-state index is 11.4. The van der Waals surface area contributed by atoms with E-state index in [0.29, 0.717) is 11.5 Å². The van der Waals surface area contributed by atoms with Crippen LogP contribution in [-0.2, 0) is 4.74 Å². The Bertz CT molecular complexity index is 629. The van der Waals surface area contributed by atoms with Crippen molar-refractivity contribution < 1.29 is 14.6 Å². The monoisotopic (exact) mass is 274 g/mol. The van der Waals surface area contributed by atoms with Crippen LogP contribution in [0.1, 0.15) is 36.2 Å². The predicted octanol–water partition coefficient (Wildman–Crippen LogP) is 2.72. The van der Waals surface area contributed by atoms with E-state index in [-0.39, 0.29) is 6.04 Å². The van der Waals surface area contributed by atoms with Crippen molar-refractivity contribution in [1.29, 1.82) is 0 Å². The lowest BCUT2D eigenvalue weighted by Crippen LogP contribution is -2.24. The van der Waals surface area contributed by atoms with E-state index in [1.54, 1.807) is 18.5 Å². The van der Waals surface area contributed by atoms with Gasteiger partial charge in [-0.1, -0.05) is 6.07 Å². The van der Waals surface area contributed by atoms with E-state index in [1.165, 1.54) is 0 Å². The molecule has 106 valence electrons. The topological polar surface area (TPSA) is 64.4 Å². The number of carboxylic acids is 1. The van der Waals surface area contributed by atoms with Gasteiger partial charge in [-0.2, -0.15) is 0 Å². The van der Waals surface area contributed by atoms with Gasteiger partial charge in [-0.05, 0) is 37.8 Å². The second-order valence-electron chi connectivity index (χ2n) is 5.32. The fourth-order valence-corrected chi connectivity index (χ4v) is 3.00. The molecule has 2 aromatic rings. The summed E-state index contributed by atoms with van der Waals surface area (Å²) < 4.78 is 7.41. The fourth-order valence-electron chi connectivity index (χ4n) is 3.00. The first kappa shape index (κ1) is 13.1. The molecule has 3 rings (SSSR count). The highest BCUT2D eigenvalue weighted by Crippen LogP contribution is 2.31. The molecule has 1 aromatic heterocycles. The van der Waals surface area contributed by atoms with Crippen LogP contribution in [0.2, 0.25) is 0 Å². The smallest absolute Gasteiger partial charge is 0.337 e. The normalized spacial score (nSPS) is 18.2. The lowest BCUT2D eigenvalue weighted by atomic mass is 9.92. The molecule has 0 radical (unpaired) electrons. The first-order chi connectivity index (χ1) is 9.68. The highest BCUT2D eigenvalue weighted by atomic mass is 16.5. The van der Waals surface area contributed by atoms with Crippen LogP contribution in [0.15, 0.2) is 24.5 Å². The van der Waals surface area contributed by atoms with Gasteiger partial charge in [0.1, 0.15) is 0 Å². The zero-order chi connectivity index (χ0) is 14.1. The van der Waals surface area contributed by atoms with Crippen molar-refractivity contribution in [2.24, 2.45) is 5.92 Å². The van der Waals surface area contributed by atoms with Crippen LogP contribution in [0.5, 0.6) is 0 Å². The summed E-state index contributed by atoms with van der Waals surface area (Å²) in [7, 11) is 0. The van der Waals surface area contributed by atoms with Gasteiger partial charge in [-0.25, -0.2) is 9.78 Å². The van der Waals surface area contributed by atoms with Crippen molar-refractivity contribution in [3.8, 4) is 0 Å². The highest BCUT2D eigenvalue weighted by Gasteiger charge is 2.24. The van der Waals surface area contributed by atoms with Gasteiger partial charge < -0.3 is 14.4 Å². The summed E-state index contributed by atoms with van der Waals surface area (Å²) in [4.78, 5) is 15.7. The maximum Gasteiger partial charge on any atom is 0.337 e. The van der Waals surface area contributed by atoms with Gasteiger partial charge in [0, 0.05) is 19.3 Å². The van der Waals surface area contributed by atoms with Crippen LogP contribution in [0, 0.1) is 5.92 Å². The summed E-state index contributed by atoms with van der Waals surface area (Å²) in [5.41, 5.74) is 1.78. The number of aromatic nitrogens is 2. The third-order valence-corrected chi connectivity index (χ3v) is 4.21. The molecule has 1 N–H and O–H groups in total. The Labute approximate surface area is 117 Å². The number of carbonyl (C=O) groups is 1. The molecule has 5 heteroatoms. The van der Waals surface area contributed by atoms with E-state index in [1.807, 2.05) is 10.6 Å². The lowest BCUT2D eigenvalue weighted by molar-refractivity contribution is 0.0518. The van der Waals surface area contributed by atoms with Gasteiger partial charge in [0.25, 0.3) is 0 Å². The second kappa shape index (κ2) is 5.25. The number of imidazole rings is 1. The second-order valence-corrected chi connectivity index (χ2v) is 5.32. The molecule has 20 heavy (non-hydrogen) atoms. The average Bonchev–Trinajstić information content (AvgIpc) is 2.91. The number of ether oxygens (including phenoxy) is 1. The van der Waals surface area contributed by atoms with Crippen LogP contribution in [-0.4, -0.2) is 33.8 Å². The number of benzene rings is 1. The summed E-state index contributed by atoms with van der Waals surface area (Å²) >= 11 is 0. The van der Waals surface area contributed by atoms with Gasteiger partial charge in [-0.3, -0.25) is 0 Å². The molecule has 1 aliphatic heterocycles. The molecular formula is C15H18N2O3. The molecule has 0 spiro atoms. The van der Waals surface area contributed by atoms with Crippen LogP contribution in [0.25, 0.3) is 11.0 Å². The summed E-state index contributed by atoms with van der Waals surface area (Å²) in [5.74, 6) is -0.403. The number of nitrogens with zero attached hydrogens (tertiary/aromatic N) is 2. The molecule has 1 aromatic carbocycles. The Kier molecular flexibility index (Phi) is 3.44. The molecule has 0 saturated carbocycles. The SMILES string of the molecule is CC(C1CCOCC1)n1cnc2cccc(C(=O)O)c21. The lowest BCUT2D eigenvalue weighted by Gasteiger charge is -2.29. The molecule has 1 aliphatic rings. The van der Waals surface area contributed by atoms with E-state index < -0.39 is 5.97 Å². The Hall–Kier alpha value is -1.88. The fraction of sp³-hybridized carbons (Fsp3) is 0.467. The van der Waals surface area contributed by atoms with E-state index in [9.17, 15) is 9.90 Å². The minimum atomic E-state index is -0.906. The quantitative estimate of drug-likeness (QED) is 0.934. The summed E-state index contributed by atoms with van der Waals surface area (Å²) in [6, 6.07) is 5.46. The third kappa shape index (κ3) is 2.18. The van der Waals surface area contributed by atoms with Gasteiger partial charge in [0.05, 0.1) is 22.9 Å². The van der Waals surface area contributed by atoms with E-state index in [4.69, 9.17) is 4.74 Å². The molecule has 1 atom stereocenters. The number of fused-ring (bicyclic) bond motifs is 1. The van der Waals surface area contributed by atoms with Crippen LogP contribution in [0.4, 0.5) is 0 Å². The molecule has 0 amide bonds. The van der Waals surface area contributed by atoms with Crippen LogP contribution < -0.4 is 0 Å². The number of rotatable bonds is 3. The summed E-state index contributed by atoms with van der Waals surface area (Å²) in [6.07, 6.45) is 3.78. The van der Waals surface area contributed by atoms with E-state index >= 15 is 0 Å². The van der Waals surface area contributed by atoms with Crippen molar-refractivity contribution in [3.63, 3.8) is 0 Å². The van der Waals surface area contributed by atoms with Crippen molar-refractivity contribution >= 4 is 17.0 Å². The number of aromatic carboxylic acids is 1. The van der Waals surface area contributed by atoms with Crippen LogP contribution in [0.3, 0.4) is 0 Å². The Balaban J connectivity index is 2.04. The van der Waals surface area contributed by atoms with Crippen molar-refractivity contribution in [2.45, 2.75) is 25.8 Å². The summed E-state index contributed by atoms with van der Waals surface area (Å²) in [5, 5.41) is 9.36. The zero-order valence-corrected chi connectivity index (χ0v) is 11.5. The Morgan fingerprint density at radius 1 is 1.45 bits per heavy atom. The molecule has 1 saturated heterocycles. The summed E-state index contributed by atoms with van der Waals surface area (Å²) in [6.45, 7) is 3.70. The minimum Gasteiger partial charge on any atom is -0.478 e. The largest absolute Gasteiger partial charge is 0.478 e. The van der Waals surface area contributed by atoms with Crippen molar-refractivity contribution in [3.05, 3.63) is 30.1 Å². The molecule has 1 fully saturated rings. The van der Waals surface area contributed by atoms with Crippen LogP contribution >= 0.6 is 0 Å². The number of carboxylic acid groups (broad SMARTS) is 1. The number of hydrogen-bond acceptors (Lipinski definition) is 3.